The average Bonchev–Trinajstić information content (AvgIpc) is 3.09. The average molecular weight is 334 g/mol. The number of H-pyrrole nitrogens is 1. The van der Waals surface area contributed by atoms with E-state index in [-0.39, 0.29) is 17.4 Å². The number of carbonyl (C=O) groups excluding carboxylic acids is 1. The highest BCUT2D eigenvalue weighted by Crippen LogP contribution is 2.22. The summed E-state index contributed by atoms with van der Waals surface area (Å²) < 4.78 is 5.06. The Balaban J connectivity index is 1.68. The summed E-state index contributed by atoms with van der Waals surface area (Å²) >= 11 is 1.45. The van der Waals surface area contributed by atoms with Crippen LogP contribution >= 0.6 is 11.3 Å². The van der Waals surface area contributed by atoms with Crippen molar-refractivity contribution in [3.8, 4) is 10.6 Å². The molecule has 3 rings (SSSR count). The summed E-state index contributed by atoms with van der Waals surface area (Å²) in [5.74, 6) is 0.244. The number of piperidine rings is 1. The molecule has 0 radical (unpaired) electrons. The lowest BCUT2D eigenvalue weighted by molar-refractivity contribution is -0.148. The highest BCUT2D eigenvalue weighted by molar-refractivity contribution is 7.13. The second-order valence-corrected chi connectivity index (χ2v) is 6.26. The molecule has 2 aromatic rings. The van der Waals surface area contributed by atoms with Crippen LogP contribution in [0.4, 0.5) is 5.95 Å². The van der Waals surface area contributed by atoms with Gasteiger partial charge in [-0.3, -0.25) is 14.6 Å². The summed E-state index contributed by atoms with van der Waals surface area (Å²) in [7, 11) is 0. The lowest BCUT2D eigenvalue weighted by atomic mass is 9.97. The van der Waals surface area contributed by atoms with E-state index in [4.69, 9.17) is 4.74 Å². The number of ether oxygens (including phenoxy) is 1. The maximum Gasteiger partial charge on any atom is 0.309 e. The molecule has 3 heterocycles. The predicted molar refractivity (Wildman–Crippen MR) is 87.5 cm³/mol. The summed E-state index contributed by atoms with van der Waals surface area (Å²) in [4.78, 5) is 29.5. The number of thiophene rings is 1. The quantitative estimate of drug-likeness (QED) is 0.856. The van der Waals surface area contributed by atoms with E-state index in [9.17, 15) is 9.59 Å². The predicted octanol–water partition coefficient (Wildman–Crippen LogP) is 1.67. The molecule has 7 nitrogen and oxygen atoms in total. The van der Waals surface area contributed by atoms with Crippen molar-refractivity contribution in [3.63, 3.8) is 0 Å². The standard InChI is InChI=1S/C15H18N4O3S/c1-2-22-14(21)10-5-7-19(8-6-10)15-16-13(20)12(17-18-15)11-4-3-9-23-11/h3-4,9-10H,2,5-8H2,1H3,(H,16,18,20). The van der Waals surface area contributed by atoms with Crippen LogP contribution in [0, 0.1) is 5.92 Å². The van der Waals surface area contributed by atoms with Gasteiger partial charge in [0.1, 0.15) is 0 Å². The molecule has 1 N–H and O–H groups in total. The Kier molecular flexibility index (Phi) is 4.71. The van der Waals surface area contributed by atoms with Crippen molar-refractivity contribution in [2.75, 3.05) is 24.6 Å². The number of hydrogen-bond donors (Lipinski definition) is 1. The van der Waals surface area contributed by atoms with Gasteiger partial charge in [-0.1, -0.05) is 6.07 Å². The fraction of sp³-hybridized carbons (Fsp3) is 0.467. The first-order valence-corrected chi connectivity index (χ1v) is 8.49. The largest absolute Gasteiger partial charge is 0.466 e. The summed E-state index contributed by atoms with van der Waals surface area (Å²) in [6.45, 7) is 3.50. The van der Waals surface area contributed by atoms with E-state index in [0.717, 1.165) is 4.88 Å². The minimum atomic E-state index is -0.245. The summed E-state index contributed by atoms with van der Waals surface area (Å²) in [5.41, 5.74) is 0.0927. The van der Waals surface area contributed by atoms with Gasteiger partial charge in [-0.05, 0) is 31.2 Å². The normalized spacial score (nSPS) is 15.6. The van der Waals surface area contributed by atoms with Gasteiger partial charge in [-0.2, -0.15) is 0 Å². The van der Waals surface area contributed by atoms with E-state index in [2.05, 4.69) is 15.2 Å². The molecule has 0 unspecified atom stereocenters. The number of aromatic nitrogens is 3. The summed E-state index contributed by atoms with van der Waals surface area (Å²) in [6, 6.07) is 3.71. The van der Waals surface area contributed by atoms with Crippen LogP contribution in [0.25, 0.3) is 10.6 Å². The first kappa shape index (κ1) is 15.7. The number of nitrogens with zero attached hydrogens (tertiary/aromatic N) is 3. The molecular weight excluding hydrogens is 316 g/mol. The minimum Gasteiger partial charge on any atom is -0.466 e. The minimum absolute atomic E-state index is 0.0729. The maximum atomic E-state index is 12.2. The first-order valence-electron chi connectivity index (χ1n) is 7.61. The Morgan fingerprint density at radius 1 is 1.43 bits per heavy atom. The molecule has 122 valence electrons. The van der Waals surface area contributed by atoms with E-state index >= 15 is 0 Å². The number of rotatable bonds is 4. The van der Waals surface area contributed by atoms with Crippen molar-refractivity contribution in [2.45, 2.75) is 19.8 Å². The zero-order valence-electron chi connectivity index (χ0n) is 12.8. The number of hydrogen-bond acceptors (Lipinski definition) is 7. The van der Waals surface area contributed by atoms with Gasteiger partial charge >= 0.3 is 5.97 Å². The molecule has 0 amide bonds. The van der Waals surface area contributed by atoms with Crippen LogP contribution in [0.3, 0.4) is 0 Å². The molecule has 23 heavy (non-hydrogen) atoms. The Morgan fingerprint density at radius 2 is 2.22 bits per heavy atom. The van der Waals surface area contributed by atoms with Crippen LogP contribution in [0.5, 0.6) is 0 Å². The van der Waals surface area contributed by atoms with E-state index in [1.165, 1.54) is 11.3 Å². The van der Waals surface area contributed by atoms with E-state index in [1.54, 1.807) is 0 Å². The molecule has 0 saturated carbocycles. The number of esters is 1. The number of anilines is 1. The fourth-order valence-electron chi connectivity index (χ4n) is 2.63. The van der Waals surface area contributed by atoms with Crippen LogP contribution in [-0.4, -0.2) is 40.8 Å². The molecule has 1 fully saturated rings. The molecule has 1 aliphatic heterocycles. The van der Waals surface area contributed by atoms with Gasteiger partial charge < -0.3 is 9.64 Å². The first-order chi connectivity index (χ1) is 11.2. The number of carbonyl (C=O) groups is 1. The van der Waals surface area contributed by atoms with Crippen molar-refractivity contribution < 1.29 is 9.53 Å². The van der Waals surface area contributed by atoms with Crippen LogP contribution in [0.1, 0.15) is 19.8 Å². The SMILES string of the molecule is CCOC(=O)C1CCN(c2nnc(-c3cccs3)c(=O)[nH]2)CC1. The molecule has 0 aliphatic carbocycles. The Bertz CT molecular complexity index is 721. The smallest absolute Gasteiger partial charge is 0.309 e. The van der Waals surface area contributed by atoms with Gasteiger partial charge in [0.25, 0.3) is 5.56 Å². The zero-order valence-corrected chi connectivity index (χ0v) is 13.6. The van der Waals surface area contributed by atoms with Gasteiger partial charge in [0.15, 0.2) is 5.69 Å². The lowest BCUT2D eigenvalue weighted by Gasteiger charge is -2.30. The third-order valence-corrected chi connectivity index (χ3v) is 4.73. The molecule has 8 heteroatoms. The van der Waals surface area contributed by atoms with Gasteiger partial charge in [-0.15, -0.1) is 21.5 Å². The van der Waals surface area contributed by atoms with Crippen molar-refractivity contribution in [1.29, 1.82) is 0 Å². The van der Waals surface area contributed by atoms with E-state index in [0.29, 0.717) is 44.2 Å². The van der Waals surface area contributed by atoms with Gasteiger partial charge in [0.2, 0.25) is 5.95 Å². The lowest BCUT2D eigenvalue weighted by Crippen LogP contribution is -2.38. The molecule has 0 aromatic carbocycles. The van der Waals surface area contributed by atoms with Crippen molar-refractivity contribution >= 4 is 23.3 Å². The van der Waals surface area contributed by atoms with Crippen molar-refractivity contribution in [2.24, 2.45) is 5.92 Å². The Morgan fingerprint density at radius 3 is 2.83 bits per heavy atom. The monoisotopic (exact) mass is 334 g/mol. The molecule has 1 aliphatic rings. The number of aromatic amines is 1. The molecule has 2 aromatic heterocycles. The zero-order chi connectivity index (χ0) is 16.2. The van der Waals surface area contributed by atoms with Crippen molar-refractivity contribution in [3.05, 3.63) is 27.9 Å². The van der Waals surface area contributed by atoms with Gasteiger partial charge in [0, 0.05) is 13.1 Å². The third kappa shape index (κ3) is 3.42. The second-order valence-electron chi connectivity index (χ2n) is 5.32. The summed E-state index contributed by atoms with van der Waals surface area (Å²) in [6.07, 6.45) is 1.38. The highest BCUT2D eigenvalue weighted by Gasteiger charge is 2.27. The molecule has 0 bridgehead atoms. The van der Waals surface area contributed by atoms with E-state index < -0.39 is 0 Å². The molecule has 1 saturated heterocycles. The van der Waals surface area contributed by atoms with Crippen molar-refractivity contribution in [1.82, 2.24) is 15.2 Å². The fourth-order valence-corrected chi connectivity index (χ4v) is 3.34. The molecular formula is C15H18N4O3S. The van der Waals surface area contributed by atoms with Gasteiger partial charge in [0.05, 0.1) is 17.4 Å². The molecule has 0 atom stereocenters. The number of nitrogens with one attached hydrogen (secondary N) is 1. The Hall–Kier alpha value is -2.22. The highest BCUT2D eigenvalue weighted by atomic mass is 32.1. The Labute approximate surface area is 137 Å². The van der Waals surface area contributed by atoms with Crippen LogP contribution < -0.4 is 10.5 Å². The van der Waals surface area contributed by atoms with Crippen LogP contribution in [0.15, 0.2) is 22.3 Å². The van der Waals surface area contributed by atoms with Crippen LogP contribution in [-0.2, 0) is 9.53 Å². The maximum absolute atomic E-state index is 12.2. The van der Waals surface area contributed by atoms with Crippen LogP contribution in [0.2, 0.25) is 0 Å². The second kappa shape index (κ2) is 6.91. The molecule has 0 spiro atoms. The van der Waals surface area contributed by atoms with Gasteiger partial charge in [-0.25, -0.2) is 0 Å². The topological polar surface area (TPSA) is 88.2 Å². The summed E-state index contributed by atoms with van der Waals surface area (Å²) in [5, 5.41) is 10.1. The van der Waals surface area contributed by atoms with E-state index in [1.807, 2.05) is 29.3 Å². The third-order valence-electron chi connectivity index (χ3n) is 3.85.